The largest absolute Gasteiger partial charge is 0.508 e. The van der Waals surface area contributed by atoms with Crippen molar-refractivity contribution >= 4 is 17.4 Å². The Morgan fingerprint density at radius 2 is 2.08 bits per heavy atom. The van der Waals surface area contributed by atoms with Crippen LogP contribution in [0.2, 0.25) is 0 Å². The molecule has 1 saturated heterocycles. The minimum absolute atomic E-state index is 0.0574. The van der Waals surface area contributed by atoms with E-state index in [1.165, 1.54) is 7.11 Å². The van der Waals surface area contributed by atoms with E-state index in [0.717, 1.165) is 5.56 Å². The van der Waals surface area contributed by atoms with Crippen LogP contribution in [-0.4, -0.2) is 50.9 Å². The SMILES string of the molecule is COC(=O)[C@@H]1CN(c2nccn3cnnc23)C[C@H]1c1ccc(O)cc1. The molecule has 1 fully saturated rings. The van der Waals surface area contributed by atoms with Crippen molar-refractivity contribution in [1.29, 1.82) is 0 Å². The van der Waals surface area contributed by atoms with Gasteiger partial charge in [-0.05, 0) is 17.7 Å². The molecule has 1 aliphatic rings. The number of fused-ring (bicyclic) bond motifs is 1. The molecule has 0 amide bonds. The first-order chi connectivity index (χ1) is 12.2. The van der Waals surface area contributed by atoms with Crippen molar-refractivity contribution in [3.05, 3.63) is 48.5 Å². The molecule has 2 atom stereocenters. The van der Waals surface area contributed by atoms with Gasteiger partial charge in [-0.15, -0.1) is 10.2 Å². The summed E-state index contributed by atoms with van der Waals surface area (Å²) in [5, 5.41) is 17.6. The molecule has 8 nitrogen and oxygen atoms in total. The molecule has 1 aromatic carbocycles. The Morgan fingerprint density at radius 3 is 2.84 bits per heavy atom. The van der Waals surface area contributed by atoms with E-state index in [1.807, 2.05) is 17.0 Å². The van der Waals surface area contributed by atoms with Crippen LogP contribution in [0.3, 0.4) is 0 Å². The van der Waals surface area contributed by atoms with Crippen LogP contribution in [0.1, 0.15) is 11.5 Å². The van der Waals surface area contributed by atoms with Crippen LogP contribution in [0.15, 0.2) is 43.0 Å². The molecule has 1 aliphatic heterocycles. The van der Waals surface area contributed by atoms with Crippen molar-refractivity contribution in [2.45, 2.75) is 5.92 Å². The van der Waals surface area contributed by atoms with Gasteiger partial charge in [-0.25, -0.2) is 4.98 Å². The number of methoxy groups -OCH3 is 1. The first-order valence-corrected chi connectivity index (χ1v) is 7.93. The molecule has 8 heteroatoms. The molecule has 1 N–H and O–H groups in total. The fourth-order valence-electron chi connectivity index (χ4n) is 3.39. The molecular weight excluding hydrogens is 322 g/mol. The molecule has 0 bridgehead atoms. The van der Waals surface area contributed by atoms with Gasteiger partial charge in [-0.3, -0.25) is 9.20 Å². The Morgan fingerprint density at radius 1 is 1.28 bits per heavy atom. The summed E-state index contributed by atoms with van der Waals surface area (Å²) in [7, 11) is 1.40. The number of carbonyl (C=O) groups is 1. The van der Waals surface area contributed by atoms with Crippen LogP contribution >= 0.6 is 0 Å². The van der Waals surface area contributed by atoms with E-state index in [-0.39, 0.29) is 23.6 Å². The molecule has 0 unspecified atom stereocenters. The second-order valence-corrected chi connectivity index (χ2v) is 6.05. The first kappa shape index (κ1) is 15.4. The number of carbonyl (C=O) groups excluding carboxylic acids is 1. The Hall–Kier alpha value is -3.16. The molecular formula is C17H17N5O3. The summed E-state index contributed by atoms with van der Waals surface area (Å²) in [5.74, 6) is 0.254. The number of anilines is 1. The fraction of sp³-hybridized carbons (Fsp3) is 0.294. The van der Waals surface area contributed by atoms with Gasteiger partial charge in [0.15, 0.2) is 5.82 Å². The molecule has 25 heavy (non-hydrogen) atoms. The molecule has 2 aromatic heterocycles. The van der Waals surface area contributed by atoms with Gasteiger partial charge in [0, 0.05) is 31.4 Å². The fourth-order valence-corrected chi connectivity index (χ4v) is 3.39. The summed E-state index contributed by atoms with van der Waals surface area (Å²) in [6, 6.07) is 6.93. The lowest BCUT2D eigenvalue weighted by molar-refractivity contribution is -0.145. The summed E-state index contributed by atoms with van der Waals surface area (Å²) >= 11 is 0. The van der Waals surface area contributed by atoms with Crippen LogP contribution < -0.4 is 4.90 Å². The molecule has 0 aliphatic carbocycles. The van der Waals surface area contributed by atoms with Crippen molar-refractivity contribution in [3.8, 4) is 5.75 Å². The maximum Gasteiger partial charge on any atom is 0.311 e. The van der Waals surface area contributed by atoms with Crippen molar-refractivity contribution in [2.75, 3.05) is 25.1 Å². The second kappa shape index (κ2) is 6.04. The lowest BCUT2D eigenvalue weighted by atomic mass is 9.89. The zero-order valence-electron chi connectivity index (χ0n) is 13.6. The number of rotatable bonds is 3. The summed E-state index contributed by atoms with van der Waals surface area (Å²) in [6.07, 6.45) is 5.09. The zero-order valence-corrected chi connectivity index (χ0v) is 13.6. The third-order valence-electron chi connectivity index (χ3n) is 4.64. The van der Waals surface area contributed by atoms with E-state index in [0.29, 0.717) is 24.6 Å². The van der Waals surface area contributed by atoms with Crippen molar-refractivity contribution < 1.29 is 14.6 Å². The van der Waals surface area contributed by atoms with Gasteiger partial charge in [0.05, 0.1) is 13.0 Å². The normalized spacial score (nSPS) is 20.1. The number of ether oxygens (including phenoxy) is 1. The van der Waals surface area contributed by atoms with E-state index >= 15 is 0 Å². The number of nitrogens with zero attached hydrogens (tertiary/aromatic N) is 5. The molecule has 3 heterocycles. The topological polar surface area (TPSA) is 92.9 Å². The van der Waals surface area contributed by atoms with Crippen LogP contribution in [-0.2, 0) is 9.53 Å². The van der Waals surface area contributed by atoms with E-state index in [9.17, 15) is 9.90 Å². The van der Waals surface area contributed by atoms with E-state index < -0.39 is 0 Å². The third-order valence-corrected chi connectivity index (χ3v) is 4.64. The minimum atomic E-state index is -0.320. The van der Waals surface area contributed by atoms with Crippen molar-refractivity contribution in [2.24, 2.45) is 5.92 Å². The second-order valence-electron chi connectivity index (χ2n) is 6.05. The Balaban J connectivity index is 1.71. The molecule has 0 spiro atoms. The zero-order chi connectivity index (χ0) is 17.4. The number of phenols is 1. The number of benzene rings is 1. The third kappa shape index (κ3) is 2.65. The average Bonchev–Trinajstić information content (AvgIpc) is 3.28. The maximum atomic E-state index is 12.3. The highest BCUT2D eigenvalue weighted by molar-refractivity contribution is 5.77. The molecule has 3 aromatic rings. The standard InChI is InChI=1S/C17H17N5O3/c1-25-17(24)14-9-22(8-13(14)11-2-4-12(23)5-3-11)15-16-20-19-10-21(16)7-6-18-15/h2-7,10,13-14,23H,8-9H2,1H3/t13-,14+/m0/s1. The molecule has 4 rings (SSSR count). The first-order valence-electron chi connectivity index (χ1n) is 7.93. The predicted octanol–water partition coefficient (Wildman–Crippen LogP) is 1.22. The lowest BCUT2D eigenvalue weighted by Crippen LogP contribution is -2.25. The number of hydrogen-bond acceptors (Lipinski definition) is 7. The monoisotopic (exact) mass is 339 g/mol. The maximum absolute atomic E-state index is 12.3. The summed E-state index contributed by atoms with van der Waals surface area (Å²) in [4.78, 5) is 18.8. The van der Waals surface area contributed by atoms with Crippen LogP contribution in [0.4, 0.5) is 5.82 Å². The van der Waals surface area contributed by atoms with Crippen molar-refractivity contribution in [3.63, 3.8) is 0 Å². The highest BCUT2D eigenvalue weighted by Gasteiger charge is 2.40. The summed E-state index contributed by atoms with van der Waals surface area (Å²) < 4.78 is 6.79. The Bertz CT molecular complexity index is 908. The average molecular weight is 339 g/mol. The Kier molecular flexibility index (Phi) is 3.72. The number of aromatic hydroxyl groups is 1. The quantitative estimate of drug-likeness (QED) is 0.717. The highest BCUT2D eigenvalue weighted by atomic mass is 16.5. The predicted molar refractivity (Wildman–Crippen MR) is 89.3 cm³/mol. The van der Waals surface area contributed by atoms with Crippen LogP contribution in [0.5, 0.6) is 5.75 Å². The van der Waals surface area contributed by atoms with Gasteiger partial charge in [-0.2, -0.15) is 0 Å². The van der Waals surface area contributed by atoms with Gasteiger partial charge < -0.3 is 14.7 Å². The molecule has 128 valence electrons. The van der Waals surface area contributed by atoms with E-state index in [1.54, 1.807) is 35.3 Å². The van der Waals surface area contributed by atoms with Gasteiger partial charge in [-0.1, -0.05) is 12.1 Å². The lowest BCUT2D eigenvalue weighted by Gasteiger charge is -2.17. The number of esters is 1. The number of hydrogen-bond donors (Lipinski definition) is 1. The van der Waals surface area contributed by atoms with Crippen LogP contribution in [0.25, 0.3) is 5.65 Å². The van der Waals surface area contributed by atoms with Crippen molar-refractivity contribution in [1.82, 2.24) is 19.6 Å². The van der Waals surface area contributed by atoms with Gasteiger partial charge >= 0.3 is 5.97 Å². The number of phenolic OH excluding ortho intramolecular Hbond substituents is 1. The Labute approximate surface area is 143 Å². The number of aromatic nitrogens is 4. The molecule has 0 saturated carbocycles. The summed E-state index contributed by atoms with van der Waals surface area (Å²) in [6.45, 7) is 1.09. The van der Waals surface area contributed by atoms with Gasteiger partial charge in [0.25, 0.3) is 0 Å². The highest BCUT2D eigenvalue weighted by Crippen LogP contribution is 2.36. The van der Waals surface area contributed by atoms with E-state index in [4.69, 9.17) is 4.74 Å². The smallest absolute Gasteiger partial charge is 0.311 e. The van der Waals surface area contributed by atoms with Gasteiger partial charge in [0.2, 0.25) is 5.65 Å². The summed E-state index contributed by atoms with van der Waals surface area (Å²) in [5.41, 5.74) is 1.63. The molecule has 0 radical (unpaired) electrons. The van der Waals surface area contributed by atoms with Gasteiger partial charge in [0.1, 0.15) is 12.1 Å². The van der Waals surface area contributed by atoms with Crippen LogP contribution in [0, 0.1) is 5.92 Å². The minimum Gasteiger partial charge on any atom is -0.508 e. The van der Waals surface area contributed by atoms with E-state index in [2.05, 4.69) is 15.2 Å².